The molecule has 0 spiro atoms. The molecule has 1 aliphatic rings. The second-order valence-electron chi connectivity index (χ2n) is 7.84. The van der Waals surface area contributed by atoms with E-state index in [1.54, 1.807) is 55.4 Å². The van der Waals surface area contributed by atoms with Gasteiger partial charge in [-0.25, -0.2) is 9.88 Å². The van der Waals surface area contributed by atoms with E-state index in [0.717, 1.165) is 10.5 Å². The van der Waals surface area contributed by atoms with E-state index in [0.29, 0.717) is 11.5 Å². The molecule has 0 aliphatic carbocycles. The molecule has 162 valence electrons. The molecular formula is C26H20N4O3. The molecule has 0 saturated carbocycles. The molecule has 2 heterocycles. The summed E-state index contributed by atoms with van der Waals surface area (Å²) in [5, 5.41) is 0. The average molecular weight is 436 g/mol. The van der Waals surface area contributed by atoms with E-state index in [4.69, 9.17) is 4.98 Å². The van der Waals surface area contributed by atoms with Gasteiger partial charge in [-0.2, -0.15) is 0 Å². The number of nitrogens with zero attached hydrogens (tertiary/aromatic N) is 4. The molecule has 33 heavy (non-hydrogen) atoms. The largest absolute Gasteiger partial charge is 0.361 e. The van der Waals surface area contributed by atoms with Crippen molar-refractivity contribution in [2.24, 2.45) is 0 Å². The topological polar surface area (TPSA) is 75.5 Å². The second kappa shape index (κ2) is 7.87. The zero-order valence-corrected chi connectivity index (χ0v) is 18.1. The zero-order valence-electron chi connectivity index (χ0n) is 18.1. The van der Waals surface area contributed by atoms with Gasteiger partial charge in [-0.05, 0) is 24.3 Å². The SMILES string of the molecule is CN(C)c1nc(-c2ccccc2)n(-c2ccccc2)c(=O)c1N1C(=O)c2ccccc2C1=O. The predicted octanol–water partition coefficient (Wildman–Crippen LogP) is 3.77. The molecule has 3 aromatic carbocycles. The maximum Gasteiger partial charge on any atom is 0.285 e. The Morgan fingerprint density at radius 3 is 1.76 bits per heavy atom. The van der Waals surface area contributed by atoms with Crippen LogP contribution in [0.5, 0.6) is 0 Å². The van der Waals surface area contributed by atoms with Crippen LogP contribution in [0.15, 0.2) is 89.7 Å². The lowest BCUT2D eigenvalue weighted by molar-refractivity contribution is 0.0925. The van der Waals surface area contributed by atoms with Crippen LogP contribution in [0.3, 0.4) is 0 Å². The van der Waals surface area contributed by atoms with E-state index in [2.05, 4.69) is 0 Å². The summed E-state index contributed by atoms with van der Waals surface area (Å²) in [6.07, 6.45) is 0. The van der Waals surface area contributed by atoms with Gasteiger partial charge in [-0.15, -0.1) is 0 Å². The fourth-order valence-electron chi connectivity index (χ4n) is 4.00. The molecule has 0 radical (unpaired) electrons. The van der Waals surface area contributed by atoms with Crippen molar-refractivity contribution in [1.82, 2.24) is 9.55 Å². The molecule has 7 nitrogen and oxygen atoms in total. The summed E-state index contributed by atoms with van der Waals surface area (Å²) in [4.78, 5) is 48.0. The number of carbonyl (C=O) groups excluding carboxylic acids is 2. The third-order valence-electron chi connectivity index (χ3n) is 5.53. The number of aromatic nitrogens is 2. The van der Waals surface area contributed by atoms with Crippen LogP contribution in [-0.2, 0) is 0 Å². The highest BCUT2D eigenvalue weighted by molar-refractivity contribution is 6.35. The highest BCUT2D eigenvalue weighted by Crippen LogP contribution is 2.33. The van der Waals surface area contributed by atoms with Crippen LogP contribution < -0.4 is 15.4 Å². The summed E-state index contributed by atoms with van der Waals surface area (Å²) in [7, 11) is 3.45. The first-order valence-electron chi connectivity index (χ1n) is 10.4. The summed E-state index contributed by atoms with van der Waals surface area (Å²) >= 11 is 0. The quantitative estimate of drug-likeness (QED) is 0.455. The molecule has 7 heteroatoms. The normalized spacial score (nSPS) is 12.7. The van der Waals surface area contributed by atoms with E-state index in [9.17, 15) is 14.4 Å². The molecule has 4 aromatic rings. The van der Waals surface area contributed by atoms with Gasteiger partial charge in [0.1, 0.15) is 5.82 Å². The molecule has 1 aromatic heterocycles. The summed E-state index contributed by atoms with van der Waals surface area (Å²) in [5.74, 6) is -0.425. The average Bonchev–Trinajstić information content (AvgIpc) is 3.09. The summed E-state index contributed by atoms with van der Waals surface area (Å²) < 4.78 is 1.45. The first kappa shape index (κ1) is 20.4. The van der Waals surface area contributed by atoms with Gasteiger partial charge >= 0.3 is 0 Å². The lowest BCUT2D eigenvalue weighted by Crippen LogP contribution is -2.39. The molecule has 1 aliphatic heterocycles. The highest BCUT2D eigenvalue weighted by atomic mass is 16.2. The molecule has 0 fully saturated rings. The van der Waals surface area contributed by atoms with Crippen molar-refractivity contribution in [3.05, 3.63) is 106 Å². The van der Waals surface area contributed by atoms with Crippen molar-refractivity contribution in [2.75, 3.05) is 23.9 Å². The first-order valence-corrected chi connectivity index (χ1v) is 10.4. The van der Waals surface area contributed by atoms with Crippen LogP contribution in [0.25, 0.3) is 17.1 Å². The Bertz CT molecular complexity index is 1410. The summed E-state index contributed by atoms with van der Waals surface area (Å²) in [6, 6.07) is 25.0. The van der Waals surface area contributed by atoms with E-state index >= 15 is 0 Å². The number of imide groups is 1. The smallest absolute Gasteiger partial charge is 0.285 e. The Morgan fingerprint density at radius 1 is 0.697 bits per heavy atom. The van der Waals surface area contributed by atoms with Gasteiger partial charge in [0.05, 0.1) is 16.8 Å². The second-order valence-corrected chi connectivity index (χ2v) is 7.84. The number of amides is 2. The van der Waals surface area contributed by atoms with Crippen LogP contribution in [-0.4, -0.2) is 35.5 Å². The van der Waals surface area contributed by atoms with Gasteiger partial charge in [-0.1, -0.05) is 60.7 Å². The van der Waals surface area contributed by atoms with Crippen LogP contribution in [0.1, 0.15) is 20.7 Å². The van der Waals surface area contributed by atoms with Crippen molar-refractivity contribution >= 4 is 23.3 Å². The van der Waals surface area contributed by atoms with Crippen LogP contribution in [0, 0.1) is 0 Å². The minimum atomic E-state index is -0.537. The Balaban J connectivity index is 1.85. The van der Waals surface area contributed by atoms with E-state index in [1.807, 2.05) is 48.5 Å². The monoisotopic (exact) mass is 436 g/mol. The van der Waals surface area contributed by atoms with Gasteiger partial charge in [0.25, 0.3) is 17.4 Å². The minimum Gasteiger partial charge on any atom is -0.361 e. The van der Waals surface area contributed by atoms with Gasteiger partial charge in [-0.3, -0.25) is 19.0 Å². The molecule has 0 saturated heterocycles. The van der Waals surface area contributed by atoms with Gasteiger partial charge in [0, 0.05) is 19.7 Å². The molecule has 0 bridgehead atoms. The van der Waals surface area contributed by atoms with Crippen molar-refractivity contribution in [1.29, 1.82) is 0 Å². The maximum absolute atomic E-state index is 14.1. The van der Waals surface area contributed by atoms with Crippen molar-refractivity contribution < 1.29 is 9.59 Å². The molecule has 0 atom stereocenters. The number of benzene rings is 3. The minimum absolute atomic E-state index is 0.0743. The van der Waals surface area contributed by atoms with Crippen LogP contribution in [0.2, 0.25) is 0 Å². The van der Waals surface area contributed by atoms with Gasteiger partial charge in [0.15, 0.2) is 11.5 Å². The number of hydrogen-bond donors (Lipinski definition) is 0. The number of carbonyl (C=O) groups is 2. The van der Waals surface area contributed by atoms with Gasteiger partial charge < -0.3 is 4.90 Å². The highest BCUT2D eigenvalue weighted by Gasteiger charge is 2.40. The standard InChI is InChI=1S/C26H20N4O3/c1-28(2)23-21(30-24(31)19-15-9-10-16-20(19)25(30)32)26(33)29(18-13-7-4-8-14-18)22(27-23)17-11-5-3-6-12-17/h3-16H,1-2H3. The van der Waals surface area contributed by atoms with Crippen LogP contribution in [0.4, 0.5) is 11.5 Å². The lowest BCUT2D eigenvalue weighted by Gasteiger charge is -2.24. The van der Waals surface area contributed by atoms with Crippen molar-refractivity contribution in [3.8, 4) is 17.1 Å². The molecule has 0 N–H and O–H groups in total. The van der Waals surface area contributed by atoms with E-state index in [1.165, 1.54) is 4.57 Å². The fraction of sp³-hybridized carbons (Fsp3) is 0.0769. The third kappa shape index (κ3) is 3.22. The summed E-state index contributed by atoms with van der Waals surface area (Å²) in [6.45, 7) is 0. The zero-order chi connectivity index (χ0) is 23.1. The predicted molar refractivity (Wildman–Crippen MR) is 127 cm³/mol. The summed E-state index contributed by atoms with van der Waals surface area (Å²) in [5.41, 5.74) is 1.27. The lowest BCUT2D eigenvalue weighted by atomic mass is 10.1. The number of hydrogen-bond acceptors (Lipinski definition) is 5. The van der Waals surface area contributed by atoms with Crippen LogP contribution >= 0.6 is 0 Å². The third-order valence-corrected chi connectivity index (χ3v) is 5.53. The Hall–Kier alpha value is -4.52. The number of rotatable bonds is 4. The fourth-order valence-corrected chi connectivity index (χ4v) is 4.00. The van der Waals surface area contributed by atoms with E-state index in [-0.39, 0.29) is 22.6 Å². The Kier molecular flexibility index (Phi) is 4.86. The van der Waals surface area contributed by atoms with Gasteiger partial charge in [0.2, 0.25) is 0 Å². The molecule has 2 amide bonds. The van der Waals surface area contributed by atoms with Crippen molar-refractivity contribution in [2.45, 2.75) is 0 Å². The Morgan fingerprint density at radius 2 is 1.21 bits per heavy atom. The Labute approximate surface area is 190 Å². The first-order chi connectivity index (χ1) is 16.0. The molecular weight excluding hydrogens is 416 g/mol. The van der Waals surface area contributed by atoms with E-state index < -0.39 is 17.4 Å². The molecule has 0 unspecified atom stereocenters. The maximum atomic E-state index is 14.1. The number of fused-ring (bicyclic) bond motifs is 1. The number of anilines is 2. The number of para-hydroxylation sites is 1. The molecule has 5 rings (SSSR count). The van der Waals surface area contributed by atoms with Crippen molar-refractivity contribution in [3.63, 3.8) is 0 Å².